The molecule has 162 valence electrons. The maximum absolute atomic E-state index is 12.4. The molecule has 1 unspecified atom stereocenters. The highest BCUT2D eigenvalue weighted by Crippen LogP contribution is 2.21. The first-order valence-electron chi connectivity index (χ1n) is 10.6. The molecule has 2 N–H and O–H groups in total. The van der Waals surface area contributed by atoms with E-state index >= 15 is 0 Å². The summed E-state index contributed by atoms with van der Waals surface area (Å²) in [4.78, 5) is 15.7. The van der Waals surface area contributed by atoms with Crippen molar-refractivity contribution in [2.45, 2.75) is 52.5 Å². The van der Waals surface area contributed by atoms with Crippen molar-refractivity contribution >= 4 is 16.8 Å². The number of hydrogen-bond donors (Lipinski definition) is 2. The number of nitrogens with one attached hydrogen (secondary N) is 2. The topological polar surface area (TPSA) is 102 Å². The van der Waals surface area contributed by atoms with Gasteiger partial charge < -0.3 is 14.7 Å². The summed E-state index contributed by atoms with van der Waals surface area (Å²) in [6.07, 6.45) is 4.22. The van der Waals surface area contributed by atoms with Crippen molar-refractivity contribution in [3.05, 3.63) is 64.8 Å². The van der Waals surface area contributed by atoms with E-state index in [1.165, 1.54) is 10.9 Å². The number of aromatic nitrogens is 5. The lowest BCUT2D eigenvalue weighted by molar-refractivity contribution is -0.121. The third-order valence-electron chi connectivity index (χ3n) is 5.73. The van der Waals surface area contributed by atoms with Gasteiger partial charge in [-0.2, -0.15) is 5.10 Å². The van der Waals surface area contributed by atoms with Gasteiger partial charge in [0.1, 0.15) is 0 Å². The lowest BCUT2D eigenvalue weighted by atomic mass is 10.1. The minimum Gasteiger partial charge on any atom is -0.425 e. The predicted octanol–water partition coefficient (Wildman–Crippen LogP) is 3.50. The molecule has 1 atom stereocenters. The number of H-pyrrole nitrogens is 1. The van der Waals surface area contributed by atoms with Crippen molar-refractivity contribution in [2.24, 2.45) is 7.05 Å². The van der Waals surface area contributed by atoms with Crippen LogP contribution in [0, 0.1) is 13.8 Å². The molecular formula is C23H28N6O2. The van der Waals surface area contributed by atoms with E-state index in [-0.39, 0.29) is 11.9 Å². The van der Waals surface area contributed by atoms with Crippen LogP contribution < -0.4 is 5.32 Å². The minimum atomic E-state index is -0.101. The Morgan fingerprint density at radius 2 is 1.90 bits per heavy atom. The summed E-state index contributed by atoms with van der Waals surface area (Å²) in [7, 11) is 1.91. The van der Waals surface area contributed by atoms with E-state index in [0.29, 0.717) is 31.0 Å². The van der Waals surface area contributed by atoms with E-state index in [1.54, 1.807) is 0 Å². The Labute approximate surface area is 181 Å². The lowest BCUT2D eigenvalue weighted by Crippen LogP contribution is -2.27. The molecule has 0 aliphatic carbocycles. The fourth-order valence-corrected chi connectivity index (χ4v) is 4.09. The smallest absolute Gasteiger partial charge is 0.220 e. The Bertz CT molecular complexity index is 1200. The fourth-order valence-electron chi connectivity index (χ4n) is 4.09. The zero-order chi connectivity index (χ0) is 22.0. The average molecular weight is 421 g/mol. The summed E-state index contributed by atoms with van der Waals surface area (Å²) in [5.41, 5.74) is 5.41. The molecule has 0 aliphatic rings. The molecule has 3 heterocycles. The second-order valence-electron chi connectivity index (χ2n) is 7.95. The van der Waals surface area contributed by atoms with Crippen LogP contribution in [0.15, 0.2) is 34.9 Å². The SMILES string of the molecule is Cc1nn(C)c(C)c1C(C)NC(=O)CCc1nnc(CCc2c[nH]c3ccccc23)o1. The number of hydrogen-bond acceptors (Lipinski definition) is 5. The summed E-state index contributed by atoms with van der Waals surface area (Å²) in [6, 6.07) is 8.12. The highest BCUT2D eigenvalue weighted by molar-refractivity contribution is 5.83. The molecule has 8 heteroatoms. The van der Waals surface area contributed by atoms with Crippen molar-refractivity contribution in [3.8, 4) is 0 Å². The molecule has 0 fully saturated rings. The molecule has 3 aromatic heterocycles. The Morgan fingerprint density at radius 1 is 1.16 bits per heavy atom. The van der Waals surface area contributed by atoms with Crippen molar-refractivity contribution in [1.29, 1.82) is 0 Å². The molecule has 0 aliphatic heterocycles. The number of rotatable bonds is 8. The van der Waals surface area contributed by atoms with Gasteiger partial charge in [-0.25, -0.2) is 0 Å². The Kier molecular flexibility index (Phi) is 5.88. The first-order chi connectivity index (χ1) is 14.9. The maximum Gasteiger partial charge on any atom is 0.220 e. The number of nitrogens with zero attached hydrogens (tertiary/aromatic N) is 4. The number of amides is 1. The van der Waals surface area contributed by atoms with Crippen LogP contribution in [0.2, 0.25) is 0 Å². The number of aryl methyl sites for hydroxylation is 5. The van der Waals surface area contributed by atoms with Crippen LogP contribution in [0.25, 0.3) is 10.9 Å². The van der Waals surface area contributed by atoms with Gasteiger partial charge in [-0.05, 0) is 38.8 Å². The Hall–Kier alpha value is -3.42. The second kappa shape index (κ2) is 8.75. The zero-order valence-corrected chi connectivity index (χ0v) is 18.4. The first-order valence-corrected chi connectivity index (χ1v) is 10.6. The van der Waals surface area contributed by atoms with Gasteiger partial charge in [0.15, 0.2) is 0 Å². The minimum absolute atomic E-state index is 0.0475. The summed E-state index contributed by atoms with van der Waals surface area (Å²) in [5, 5.41) is 16.9. The molecule has 0 spiro atoms. The van der Waals surface area contributed by atoms with Crippen LogP contribution in [0.3, 0.4) is 0 Å². The van der Waals surface area contributed by atoms with Gasteiger partial charge in [-0.3, -0.25) is 9.48 Å². The van der Waals surface area contributed by atoms with Gasteiger partial charge in [0.05, 0.1) is 11.7 Å². The molecule has 31 heavy (non-hydrogen) atoms. The molecule has 0 bridgehead atoms. The number of benzene rings is 1. The van der Waals surface area contributed by atoms with Gasteiger partial charge in [-0.1, -0.05) is 18.2 Å². The van der Waals surface area contributed by atoms with Crippen molar-refractivity contribution < 1.29 is 9.21 Å². The van der Waals surface area contributed by atoms with Crippen molar-refractivity contribution in [3.63, 3.8) is 0 Å². The average Bonchev–Trinajstić information content (AvgIpc) is 3.43. The van der Waals surface area contributed by atoms with Crippen LogP contribution in [-0.4, -0.2) is 30.9 Å². The molecule has 1 amide bonds. The molecular weight excluding hydrogens is 392 g/mol. The molecule has 0 saturated carbocycles. The third-order valence-corrected chi connectivity index (χ3v) is 5.73. The van der Waals surface area contributed by atoms with Gasteiger partial charge in [0.25, 0.3) is 0 Å². The number of carbonyl (C=O) groups excluding carboxylic acids is 1. The van der Waals surface area contributed by atoms with Crippen molar-refractivity contribution in [1.82, 2.24) is 30.3 Å². The Morgan fingerprint density at radius 3 is 2.65 bits per heavy atom. The molecule has 0 saturated heterocycles. The van der Waals surface area contributed by atoms with Crippen LogP contribution >= 0.6 is 0 Å². The number of aromatic amines is 1. The quantitative estimate of drug-likeness (QED) is 0.454. The van der Waals surface area contributed by atoms with E-state index in [2.05, 4.69) is 37.7 Å². The summed E-state index contributed by atoms with van der Waals surface area (Å²) < 4.78 is 7.59. The van der Waals surface area contributed by atoms with Gasteiger partial charge in [0.2, 0.25) is 17.7 Å². The van der Waals surface area contributed by atoms with Crippen LogP contribution in [-0.2, 0) is 31.1 Å². The maximum atomic E-state index is 12.4. The molecule has 1 aromatic carbocycles. The van der Waals surface area contributed by atoms with E-state index in [4.69, 9.17) is 4.42 Å². The van der Waals surface area contributed by atoms with Crippen LogP contribution in [0.5, 0.6) is 0 Å². The first kappa shape index (κ1) is 20.8. The number of fused-ring (bicyclic) bond motifs is 1. The van der Waals surface area contributed by atoms with Crippen LogP contribution in [0.4, 0.5) is 0 Å². The predicted molar refractivity (Wildman–Crippen MR) is 118 cm³/mol. The molecule has 8 nitrogen and oxygen atoms in total. The molecule has 0 radical (unpaired) electrons. The van der Waals surface area contributed by atoms with E-state index < -0.39 is 0 Å². The number of carbonyl (C=O) groups is 1. The third kappa shape index (κ3) is 4.52. The summed E-state index contributed by atoms with van der Waals surface area (Å²) in [6.45, 7) is 5.94. The summed E-state index contributed by atoms with van der Waals surface area (Å²) in [5.74, 6) is 1.04. The van der Waals surface area contributed by atoms with Gasteiger partial charge in [0, 0.05) is 54.7 Å². The van der Waals surface area contributed by atoms with E-state index in [9.17, 15) is 4.79 Å². The highest BCUT2D eigenvalue weighted by atomic mass is 16.4. The second-order valence-corrected chi connectivity index (χ2v) is 7.95. The van der Waals surface area contributed by atoms with E-state index in [1.807, 2.05) is 50.8 Å². The van der Waals surface area contributed by atoms with Gasteiger partial charge >= 0.3 is 0 Å². The van der Waals surface area contributed by atoms with E-state index in [0.717, 1.165) is 28.9 Å². The van der Waals surface area contributed by atoms with Gasteiger partial charge in [-0.15, -0.1) is 10.2 Å². The molecule has 4 rings (SSSR count). The normalized spacial score (nSPS) is 12.4. The highest BCUT2D eigenvalue weighted by Gasteiger charge is 2.18. The monoisotopic (exact) mass is 420 g/mol. The largest absolute Gasteiger partial charge is 0.425 e. The number of para-hydroxylation sites is 1. The fraction of sp³-hybridized carbons (Fsp3) is 0.391. The molecule has 4 aromatic rings. The Balaban J connectivity index is 1.28. The van der Waals surface area contributed by atoms with Crippen LogP contribution in [0.1, 0.15) is 53.7 Å². The summed E-state index contributed by atoms with van der Waals surface area (Å²) >= 11 is 0. The lowest BCUT2D eigenvalue weighted by Gasteiger charge is -2.14. The van der Waals surface area contributed by atoms with Crippen molar-refractivity contribution in [2.75, 3.05) is 0 Å². The standard InChI is InChI=1S/C23H28N6O2/c1-14(23-15(2)28-29(4)16(23)3)25-20(30)10-12-22-27-26-21(31-22)11-9-17-13-24-19-8-6-5-7-18(17)19/h5-8,13-14,24H,9-12H2,1-4H3,(H,25,30). The zero-order valence-electron chi connectivity index (χ0n) is 18.4.